The van der Waals surface area contributed by atoms with Crippen molar-refractivity contribution < 1.29 is 18.7 Å². The molecular formula is C25H32FNO3. The molecule has 0 amide bonds. The lowest BCUT2D eigenvalue weighted by Gasteiger charge is -2.28. The Bertz CT molecular complexity index is 800. The van der Waals surface area contributed by atoms with Crippen molar-refractivity contribution in [3.8, 4) is 17.0 Å². The zero-order chi connectivity index (χ0) is 21.3. The Morgan fingerprint density at radius 1 is 1.17 bits per heavy atom. The monoisotopic (exact) mass is 413 g/mol. The maximum Gasteiger partial charge on any atom is 0.340 e. The van der Waals surface area contributed by atoms with Gasteiger partial charge in [-0.2, -0.15) is 0 Å². The number of alkyl halides is 1. The highest BCUT2D eigenvalue weighted by atomic mass is 19.1. The lowest BCUT2D eigenvalue weighted by Crippen LogP contribution is -2.30. The molecular weight excluding hydrogens is 381 g/mol. The number of ether oxygens (including phenoxy) is 2. The summed E-state index contributed by atoms with van der Waals surface area (Å²) in [6.45, 7) is 4.68. The van der Waals surface area contributed by atoms with Gasteiger partial charge in [0.05, 0.1) is 12.3 Å². The molecule has 0 N–H and O–H groups in total. The van der Waals surface area contributed by atoms with E-state index < -0.39 is 12.1 Å². The third-order valence-corrected chi connectivity index (χ3v) is 5.77. The third kappa shape index (κ3) is 6.28. The number of nitrogens with zero attached hydrogens (tertiary/aromatic N) is 1. The zero-order valence-electron chi connectivity index (χ0n) is 18.0. The van der Waals surface area contributed by atoms with Gasteiger partial charge in [-0.1, -0.05) is 25.8 Å². The van der Waals surface area contributed by atoms with E-state index in [9.17, 15) is 9.18 Å². The highest BCUT2D eigenvalue weighted by Gasteiger charge is 2.27. The molecule has 1 heterocycles. The Morgan fingerprint density at radius 2 is 1.90 bits per heavy atom. The van der Waals surface area contributed by atoms with E-state index in [1.807, 2.05) is 37.3 Å². The van der Waals surface area contributed by atoms with Gasteiger partial charge in [-0.05, 0) is 80.8 Å². The number of unbranched alkanes of at least 4 members (excludes halogenated alkanes) is 1. The van der Waals surface area contributed by atoms with Crippen molar-refractivity contribution in [3.05, 3.63) is 48.2 Å². The molecule has 2 aromatic rings. The minimum absolute atomic E-state index is 0.158. The van der Waals surface area contributed by atoms with E-state index in [0.717, 1.165) is 54.7 Å². The molecule has 1 aromatic heterocycles. The summed E-state index contributed by atoms with van der Waals surface area (Å²) in [5, 5.41) is 0. The summed E-state index contributed by atoms with van der Waals surface area (Å²) in [5.41, 5.74) is 3.21. The molecule has 4 nitrogen and oxygen atoms in total. The van der Waals surface area contributed by atoms with Crippen LogP contribution < -0.4 is 4.74 Å². The molecule has 1 aliphatic rings. The minimum Gasteiger partial charge on any atom is -0.493 e. The molecule has 1 atom stereocenters. The fourth-order valence-corrected chi connectivity index (χ4v) is 3.87. The number of carbonyl (C=O) groups excluding carboxylic acids is 1. The molecule has 30 heavy (non-hydrogen) atoms. The lowest BCUT2D eigenvalue weighted by molar-refractivity contribution is -0.157. The van der Waals surface area contributed by atoms with Crippen LogP contribution in [-0.2, 0) is 9.53 Å². The Hall–Kier alpha value is -2.43. The second-order valence-corrected chi connectivity index (χ2v) is 8.19. The SMILES string of the molecule is CCCC[C@H](F)C(=O)OC1CCC(COc2ccc(-c3ncccc3C)cc2)CC1. The predicted octanol–water partition coefficient (Wildman–Crippen LogP) is 6.07. The van der Waals surface area contributed by atoms with Gasteiger partial charge in [-0.25, -0.2) is 9.18 Å². The number of aromatic nitrogens is 1. The molecule has 1 aromatic carbocycles. The van der Waals surface area contributed by atoms with Gasteiger partial charge in [0.15, 0.2) is 6.17 Å². The highest BCUT2D eigenvalue weighted by molar-refractivity contribution is 5.74. The second-order valence-electron chi connectivity index (χ2n) is 8.19. The average molecular weight is 414 g/mol. The number of hydrogen-bond donors (Lipinski definition) is 0. The Morgan fingerprint density at radius 3 is 2.57 bits per heavy atom. The van der Waals surface area contributed by atoms with Crippen molar-refractivity contribution in [2.24, 2.45) is 5.92 Å². The maximum atomic E-state index is 13.8. The molecule has 0 unspecified atom stereocenters. The van der Waals surface area contributed by atoms with Crippen molar-refractivity contribution >= 4 is 5.97 Å². The van der Waals surface area contributed by atoms with E-state index in [1.54, 1.807) is 6.20 Å². The van der Waals surface area contributed by atoms with Gasteiger partial charge in [0.2, 0.25) is 0 Å². The molecule has 1 aliphatic carbocycles. The van der Waals surface area contributed by atoms with Gasteiger partial charge in [0, 0.05) is 11.8 Å². The van der Waals surface area contributed by atoms with Gasteiger partial charge in [-0.3, -0.25) is 4.98 Å². The molecule has 0 spiro atoms. The van der Waals surface area contributed by atoms with Crippen LogP contribution in [0.25, 0.3) is 11.3 Å². The number of halogens is 1. The normalized spacial score (nSPS) is 19.8. The topological polar surface area (TPSA) is 48.4 Å². The van der Waals surface area contributed by atoms with Crippen molar-refractivity contribution in [2.75, 3.05) is 6.61 Å². The molecule has 0 bridgehead atoms. The van der Waals surface area contributed by atoms with E-state index in [0.29, 0.717) is 18.9 Å². The molecule has 5 heteroatoms. The van der Waals surface area contributed by atoms with Crippen LogP contribution in [0.1, 0.15) is 57.4 Å². The standard InChI is InChI=1S/C25H32FNO3/c1-3-4-7-23(26)25(28)30-22-12-8-19(9-13-22)17-29-21-14-10-20(11-15-21)24-18(2)6-5-16-27-24/h5-6,10-11,14-16,19,22-23H,3-4,7-9,12-13,17H2,1-2H3/t19?,22?,23-/m0/s1. The summed E-state index contributed by atoms with van der Waals surface area (Å²) in [4.78, 5) is 16.3. The lowest BCUT2D eigenvalue weighted by atomic mass is 9.88. The number of aryl methyl sites for hydroxylation is 1. The summed E-state index contributed by atoms with van der Waals surface area (Å²) in [6, 6.07) is 12.0. The number of pyridine rings is 1. The maximum absolute atomic E-state index is 13.8. The number of rotatable bonds is 9. The van der Waals surface area contributed by atoms with Crippen molar-refractivity contribution in [3.63, 3.8) is 0 Å². The van der Waals surface area contributed by atoms with E-state index >= 15 is 0 Å². The van der Waals surface area contributed by atoms with Crippen LogP contribution in [0.2, 0.25) is 0 Å². The first kappa shape index (κ1) is 22.3. The molecule has 3 rings (SSSR count). The number of benzene rings is 1. The smallest absolute Gasteiger partial charge is 0.340 e. The van der Waals surface area contributed by atoms with Crippen LogP contribution in [0.4, 0.5) is 4.39 Å². The van der Waals surface area contributed by atoms with Gasteiger partial charge in [0.1, 0.15) is 11.9 Å². The molecule has 0 saturated heterocycles. The summed E-state index contributed by atoms with van der Waals surface area (Å²) >= 11 is 0. The van der Waals surface area contributed by atoms with Crippen molar-refractivity contribution in [1.82, 2.24) is 4.98 Å². The van der Waals surface area contributed by atoms with E-state index in [2.05, 4.69) is 18.0 Å². The first-order valence-corrected chi connectivity index (χ1v) is 11.1. The molecule has 1 fully saturated rings. The first-order chi connectivity index (χ1) is 14.6. The Kier molecular flexibility index (Phi) is 8.23. The van der Waals surface area contributed by atoms with Crippen LogP contribution in [0.5, 0.6) is 5.75 Å². The third-order valence-electron chi connectivity index (χ3n) is 5.77. The van der Waals surface area contributed by atoms with Crippen LogP contribution in [-0.4, -0.2) is 29.8 Å². The molecule has 1 saturated carbocycles. The van der Waals surface area contributed by atoms with E-state index in [4.69, 9.17) is 9.47 Å². The van der Waals surface area contributed by atoms with Crippen molar-refractivity contribution in [1.29, 1.82) is 0 Å². The number of hydrogen-bond acceptors (Lipinski definition) is 4. The van der Waals surface area contributed by atoms with Gasteiger partial charge < -0.3 is 9.47 Å². The van der Waals surface area contributed by atoms with Gasteiger partial charge >= 0.3 is 5.97 Å². The Labute approximate surface area is 178 Å². The summed E-state index contributed by atoms with van der Waals surface area (Å²) in [7, 11) is 0. The van der Waals surface area contributed by atoms with Gasteiger partial charge in [-0.15, -0.1) is 0 Å². The number of carbonyl (C=O) groups is 1. The number of esters is 1. The summed E-state index contributed by atoms with van der Waals surface area (Å²) < 4.78 is 25.1. The first-order valence-electron chi connectivity index (χ1n) is 11.1. The molecule has 162 valence electrons. The van der Waals surface area contributed by atoms with E-state index in [-0.39, 0.29) is 12.5 Å². The van der Waals surface area contributed by atoms with Crippen LogP contribution >= 0.6 is 0 Å². The molecule has 0 radical (unpaired) electrons. The average Bonchev–Trinajstić information content (AvgIpc) is 2.77. The second kappa shape index (κ2) is 11.1. The van der Waals surface area contributed by atoms with Gasteiger partial charge in [0.25, 0.3) is 0 Å². The zero-order valence-corrected chi connectivity index (χ0v) is 18.0. The summed E-state index contributed by atoms with van der Waals surface area (Å²) in [6.07, 6.45) is 5.42. The van der Waals surface area contributed by atoms with Crippen LogP contribution in [0, 0.1) is 12.8 Å². The predicted molar refractivity (Wildman–Crippen MR) is 116 cm³/mol. The van der Waals surface area contributed by atoms with E-state index in [1.165, 1.54) is 0 Å². The Balaban J connectivity index is 1.40. The van der Waals surface area contributed by atoms with Crippen LogP contribution in [0.15, 0.2) is 42.6 Å². The fourth-order valence-electron chi connectivity index (χ4n) is 3.87. The largest absolute Gasteiger partial charge is 0.493 e. The quantitative estimate of drug-likeness (QED) is 0.468. The van der Waals surface area contributed by atoms with Crippen molar-refractivity contribution in [2.45, 2.75) is 71.1 Å². The highest BCUT2D eigenvalue weighted by Crippen LogP contribution is 2.28. The van der Waals surface area contributed by atoms with Crippen LogP contribution in [0.3, 0.4) is 0 Å². The summed E-state index contributed by atoms with van der Waals surface area (Å²) in [5.74, 6) is 0.586. The fraction of sp³-hybridized carbons (Fsp3) is 0.520. The minimum atomic E-state index is -1.48. The molecule has 0 aliphatic heterocycles.